The molecule has 14 nitrogen and oxygen atoms in total. The van der Waals surface area contributed by atoms with Gasteiger partial charge in [-0.25, -0.2) is 0 Å². The number of aliphatic hydroxyl groups is 4. The molecule has 0 unspecified atom stereocenters. The zero-order valence-electron chi connectivity index (χ0n) is 33.9. The summed E-state index contributed by atoms with van der Waals surface area (Å²) in [5, 5.41) is 45.6. The van der Waals surface area contributed by atoms with Crippen LogP contribution in [0.15, 0.2) is 0 Å². The lowest BCUT2D eigenvalue weighted by atomic mass is 9.74. The second kappa shape index (κ2) is 17.7. The fourth-order valence-electron chi connectivity index (χ4n) is 8.58. The summed E-state index contributed by atoms with van der Waals surface area (Å²) in [4.78, 5) is 30.1. The molecule has 3 saturated heterocycles. The summed E-state index contributed by atoms with van der Waals surface area (Å²) in [5.41, 5.74) is -4.24. The number of hydrogen-bond donors (Lipinski definition) is 4. The zero-order valence-corrected chi connectivity index (χ0v) is 33.9. The molecule has 3 aliphatic heterocycles. The summed E-state index contributed by atoms with van der Waals surface area (Å²) in [6.07, 6.45) is -8.73. The predicted molar refractivity (Wildman–Crippen MR) is 191 cm³/mol. The van der Waals surface area contributed by atoms with Gasteiger partial charge < -0.3 is 58.5 Å². The van der Waals surface area contributed by atoms with Crippen LogP contribution >= 0.6 is 0 Å². The number of methoxy groups -OCH3 is 2. The van der Waals surface area contributed by atoms with Gasteiger partial charge in [-0.3, -0.25) is 9.59 Å². The molecule has 0 radical (unpaired) electrons. The van der Waals surface area contributed by atoms with Crippen LogP contribution in [0.2, 0.25) is 0 Å². The van der Waals surface area contributed by atoms with Crippen molar-refractivity contribution < 1.29 is 63.2 Å². The summed E-state index contributed by atoms with van der Waals surface area (Å²) >= 11 is 0. The molecule has 3 rings (SSSR count). The van der Waals surface area contributed by atoms with Gasteiger partial charge in [0.05, 0.1) is 47.6 Å². The van der Waals surface area contributed by atoms with Crippen LogP contribution in [0.3, 0.4) is 0 Å². The summed E-state index contributed by atoms with van der Waals surface area (Å²) in [7, 11) is 6.77. The van der Waals surface area contributed by atoms with E-state index in [0.29, 0.717) is 6.42 Å². The number of nitrogens with zero attached hydrogens (tertiary/aromatic N) is 1. The molecular weight excluding hydrogens is 678 g/mol. The van der Waals surface area contributed by atoms with Crippen molar-refractivity contribution in [1.29, 1.82) is 0 Å². The Hall–Kier alpha value is -1.30. The first kappa shape index (κ1) is 45.1. The minimum Gasteiger partial charge on any atom is -0.459 e. The molecule has 14 heteroatoms. The Balaban J connectivity index is 2.22. The lowest BCUT2D eigenvalue weighted by Gasteiger charge is -2.50. The topological polar surface area (TPSA) is 183 Å². The van der Waals surface area contributed by atoms with Crippen LogP contribution in [0.1, 0.15) is 94.9 Å². The van der Waals surface area contributed by atoms with E-state index < -0.39 is 102 Å². The van der Waals surface area contributed by atoms with Gasteiger partial charge in [0.25, 0.3) is 0 Å². The number of aliphatic hydroxyl groups excluding tert-OH is 3. The second-order valence-corrected chi connectivity index (χ2v) is 16.6. The van der Waals surface area contributed by atoms with Crippen LogP contribution in [-0.2, 0) is 42.7 Å². The largest absolute Gasteiger partial charge is 0.459 e. The highest BCUT2D eigenvalue weighted by molar-refractivity contribution is 5.83. The predicted octanol–water partition coefficient (Wildman–Crippen LogP) is 2.44. The van der Waals surface area contributed by atoms with Gasteiger partial charge in [-0.15, -0.1) is 0 Å². The van der Waals surface area contributed by atoms with Gasteiger partial charge in [0.15, 0.2) is 12.6 Å². The van der Waals surface area contributed by atoms with Crippen molar-refractivity contribution in [1.82, 2.24) is 4.90 Å². The summed E-state index contributed by atoms with van der Waals surface area (Å²) in [6.45, 7) is 17.1. The maximum atomic E-state index is 14.2. The number of carbonyl (C=O) groups is 2. The minimum atomic E-state index is -1.96. The van der Waals surface area contributed by atoms with E-state index in [4.69, 9.17) is 33.2 Å². The van der Waals surface area contributed by atoms with E-state index in [1.165, 1.54) is 21.1 Å². The van der Waals surface area contributed by atoms with Gasteiger partial charge in [0.2, 0.25) is 0 Å². The third-order valence-corrected chi connectivity index (χ3v) is 12.3. The van der Waals surface area contributed by atoms with E-state index in [1.54, 1.807) is 48.5 Å². The van der Waals surface area contributed by atoms with Crippen LogP contribution in [0.4, 0.5) is 0 Å². The average molecular weight is 748 g/mol. The van der Waals surface area contributed by atoms with Crippen molar-refractivity contribution in [2.45, 2.75) is 179 Å². The molecule has 18 atom stereocenters. The van der Waals surface area contributed by atoms with E-state index in [2.05, 4.69) is 0 Å². The van der Waals surface area contributed by atoms with Crippen LogP contribution in [-0.4, -0.2) is 150 Å². The Labute approximate surface area is 310 Å². The molecule has 3 fully saturated rings. The third kappa shape index (κ3) is 9.38. The molecule has 4 N–H and O–H groups in total. The molecule has 3 aliphatic rings. The van der Waals surface area contributed by atoms with Gasteiger partial charge in [-0.05, 0) is 74.9 Å². The molecule has 3 heterocycles. The molecule has 0 aromatic carbocycles. The van der Waals surface area contributed by atoms with E-state index in [1.807, 2.05) is 32.8 Å². The Morgan fingerprint density at radius 2 is 1.44 bits per heavy atom. The number of hydrogen-bond acceptors (Lipinski definition) is 14. The number of ketones is 1. The van der Waals surface area contributed by atoms with Gasteiger partial charge in [0.1, 0.15) is 29.7 Å². The third-order valence-electron chi connectivity index (χ3n) is 12.3. The summed E-state index contributed by atoms with van der Waals surface area (Å²) in [6, 6.07) is -0.283. The second-order valence-electron chi connectivity index (χ2n) is 16.6. The van der Waals surface area contributed by atoms with Gasteiger partial charge in [-0.1, -0.05) is 27.7 Å². The first-order valence-electron chi connectivity index (χ1n) is 18.9. The molecule has 52 heavy (non-hydrogen) atoms. The van der Waals surface area contributed by atoms with Crippen LogP contribution in [0, 0.1) is 23.7 Å². The molecule has 0 aromatic rings. The fourth-order valence-corrected chi connectivity index (χ4v) is 8.58. The van der Waals surface area contributed by atoms with Crippen molar-refractivity contribution in [2.75, 3.05) is 28.3 Å². The number of Topliss-reactive ketones (excluding diaryl/α,β-unsaturated/α-hetero) is 1. The maximum Gasteiger partial charge on any atom is 0.311 e. The lowest BCUT2D eigenvalue weighted by Crippen LogP contribution is -2.61. The van der Waals surface area contributed by atoms with E-state index in [9.17, 15) is 30.0 Å². The van der Waals surface area contributed by atoms with Crippen LogP contribution in [0.25, 0.3) is 0 Å². The number of likely N-dealkylation sites (N-methyl/N-ethyl adjacent to an activating group) is 1. The minimum absolute atomic E-state index is 0.111. The molecule has 0 amide bonds. The van der Waals surface area contributed by atoms with E-state index in [0.717, 1.165) is 0 Å². The van der Waals surface area contributed by atoms with Gasteiger partial charge >= 0.3 is 5.97 Å². The van der Waals surface area contributed by atoms with Crippen molar-refractivity contribution >= 4 is 11.8 Å². The number of carbonyl (C=O) groups excluding carboxylic acids is 2. The monoisotopic (exact) mass is 747 g/mol. The Bertz CT molecular complexity index is 1190. The number of cyclic esters (lactones) is 1. The Morgan fingerprint density at radius 3 is 1.98 bits per heavy atom. The average Bonchev–Trinajstić information content (AvgIpc) is 3.09. The summed E-state index contributed by atoms with van der Waals surface area (Å²) < 4.78 is 43.9. The molecule has 0 aromatic heterocycles. The quantitative estimate of drug-likeness (QED) is 0.266. The molecule has 304 valence electrons. The van der Waals surface area contributed by atoms with Crippen molar-refractivity contribution in [3.05, 3.63) is 0 Å². The van der Waals surface area contributed by atoms with Crippen molar-refractivity contribution in [3.63, 3.8) is 0 Å². The number of ether oxygens (including phenoxy) is 7. The summed E-state index contributed by atoms with van der Waals surface area (Å²) in [5.74, 6) is -4.47. The maximum absolute atomic E-state index is 14.2. The van der Waals surface area contributed by atoms with Crippen LogP contribution in [0.5, 0.6) is 0 Å². The van der Waals surface area contributed by atoms with Crippen molar-refractivity contribution in [3.8, 4) is 0 Å². The lowest BCUT2D eigenvalue weighted by molar-refractivity contribution is -0.319. The van der Waals surface area contributed by atoms with Crippen LogP contribution < -0.4 is 0 Å². The Kier molecular flexibility index (Phi) is 15.3. The highest BCUT2D eigenvalue weighted by Crippen LogP contribution is 2.41. The standard InChI is InChI=1S/C38H69NO13/c1-15-26-38(10,45)31(42)21(4)28(40)19(2)17-37(9,47-14)33(52-35-29(41)25(39(11)12)16-20(3)48-35)22(5)30(23(6)34(44)50-26)51-27-18-36(8,46-13)32(43)24(7)49-27/h19-27,29-33,35,41-43,45H,15-18H2,1-14H3/t19-,20+,21+,22+,23-,24-,25-,26-,27+,29+,30+,31-,32+,33-,35+,36-,37-,38-/m1/s1. The fraction of sp³-hybridized carbons (Fsp3) is 0.947. The first-order valence-corrected chi connectivity index (χ1v) is 18.9. The molecule has 0 bridgehead atoms. The highest BCUT2D eigenvalue weighted by atomic mass is 16.7. The zero-order chi connectivity index (χ0) is 39.7. The van der Waals surface area contributed by atoms with Gasteiger partial charge in [-0.2, -0.15) is 0 Å². The SMILES string of the molecule is CC[C@H]1OC(=O)[C@H](C)[C@@H](O[C@H]2C[C@@](C)(OC)[C@@H](O)[C@@H](C)O2)[C@H](C)[C@@H](O[C@@H]2O[C@@H](C)C[C@@H](N(C)C)[C@@H]2O)[C@](C)(OC)C[C@@H](C)C(=O)[C@H](C)[C@@H](O)[C@]1(C)O. The molecule has 0 saturated carbocycles. The smallest absolute Gasteiger partial charge is 0.311 e. The first-order chi connectivity index (χ1) is 24.0. The van der Waals surface area contributed by atoms with Crippen molar-refractivity contribution in [2.24, 2.45) is 23.7 Å². The molecule has 0 aliphatic carbocycles. The molecular formula is C38H69NO13. The Morgan fingerprint density at radius 1 is 0.846 bits per heavy atom. The van der Waals surface area contributed by atoms with E-state index >= 15 is 0 Å². The van der Waals surface area contributed by atoms with Gasteiger partial charge in [0, 0.05) is 44.4 Å². The number of esters is 1. The highest BCUT2D eigenvalue weighted by Gasteiger charge is 2.54. The number of rotatable bonds is 8. The molecule has 0 spiro atoms. The van der Waals surface area contributed by atoms with E-state index in [-0.39, 0.29) is 37.2 Å². The normalized spacial score (nSPS) is 49.0.